The average Bonchev–Trinajstić information content (AvgIpc) is 3.17. The van der Waals surface area contributed by atoms with Crippen LogP contribution < -0.4 is 14.8 Å². The number of methoxy groups -OCH3 is 2. The van der Waals surface area contributed by atoms with E-state index in [1.165, 1.54) is 0 Å². The molecule has 0 unspecified atom stereocenters. The van der Waals surface area contributed by atoms with Gasteiger partial charge in [-0.1, -0.05) is 18.2 Å². The van der Waals surface area contributed by atoms with Crippen molar-refractivity contribution < 1.29 is 14.3 Å². The molecule has 3 aromatic rings. The van der Waals surface area contributed by atoms with Crippen LogP contribution in [0.4, 0.5) is 5.69 Å². The molecule has 0 aliphatic heterocycles. The number of para-hydroxylation sites is 1. The van der Waals surface area contributed by atoms with Crippen molar-refractivity contribution in [2.24, 2.45) is 0 Å². The molecule has 3 rings (SSSR count). The number of ether oxygens (including phenoxy) is 2. The van der Waals surface area contributed by atoms with Crippen LogP contribution in [0.25, 0.3) is 5.69 Å². The molecule has 0 aliphatic rings. The predicted molar refractivity (Wildman–Crippen MR) is 105 cm³/mol. The first kappa shape index (κ1) is 18.5. The van der Waals surface area contributed by atoms with Crippen molar-refractivity contribution in [3.05, 3.63) is 66.0 Å². The van der Waals surface area contributed by atoms with Crippen molar-refractivity contribution in [2.75, 3.05) is 19.5 Å². The molecule has 1 amide bonds. The van der Waals surface area contributed by atoms with Crippen LogP contribution in [0.2, 0.25) is 0 Å². The number of hydrogen-bond donors (Lipinski definition) is 1. The molecule has 0 radical (unpaired) electrons. The summed E-state index contributed by atoms with van der Waals surface area (Å²) in [6, 6.07) is 13.5. The molecule has 6 nitrogen and oxygen atoms in total. The lowest BCUT2D eigenvalue weighted by molar-refractivity contribution is -0.116. The van der Waals surface area contributed by atoms with Crippen LogP contribution in [-0.2, 0) is 11.2 Å². The fourth-order valence-corrected chi connectivity index (χ4v) is 2.80. The van der Waals surface area contributed by atoms with Gasteiger partial charge in [-0.05, 0) is 42.7 Å². The van der Waals surface area contributed by atoms with Crippen LogP contribution in [0.3, 0.4) is 0 Å². The van der Waals surface area contributed by atoms with E-state index in [2.05, 4.69) is 10.4 Å². The van der Waals surface area contributed by atoms with E-state index in [1.54, 1.807) is 26.5 Å². The third kappa shape index (κ3) is 4.47. The number of carbonyl (C=O) groups excluding carboxylic acids is 1. The molecule has 1 aromatic heterocycles. The molecule has 0 saturated carbocycles. The first-order valence-corrected chi connectivity index (χ1v) is 8.72. The van der Waals surface area contributed by atoms with Gasteiger partial charge < -0.3 is 14.8 Å². The van der Waals surface area contributed by atoms with Gasteiger partial charge >= 0.3 is 0 Å². The summed E-state index contributed by atoms with van der Waals surface area (Å²) < 4.78 is 12.4. The van der Waals surface area contributed by atoms with Crippen molar-refractivity contribution in [2.45, 2.75) is 19.8 Å². The van der Waals surface area contributed by atoms with Crippen LogP contribution in [-0.4, -0.2) is 29.9 Å². The average molecular weight is 365 g/mol. The summed E-state index contributed by atoms with van der Waals surface area (Å²) in [5, 5.41) is 7.30. The van der Waals surface area contributed by atoms with Gasteiger partial charge in [0.05, 0.1) is 26.1 Å². The monoisotopic (exact) mass is 365 g/mol. The second-order valence-electron chi connectivity index (χ2n) is 6.20. The maximum absolute atomic E-state index is 12.4. The number of carbonyl (C=O) groups is 1. The first-order valence-electron chi connectivity index (χ1n) is 8.72. The molecular weight excluding hydrogens is 342 g/mol. The Labute approximate surface area is 158 Å². The lowest BCUT2D eigenvalue weighted by Gasteiger charge is -2.13. The Bertz CT molecular complexity index is 920. The van der Waals surface area contributed by atoms with Crippen LogP contribution >= 0.6 is 0 Å². The van der Waals surface area contributed by atoms with Crippen molar-refractivity contribution >= 4 is 11.6 Å². The number of nitrogens with one attached hydrogen (secondary N) is 1. The number of benzene rings is 2. The summed E-state index contributed by atoms with van der Waals surface area (Å²) in [5.74, 6) is 1.17. The van der Waals surface area contributed by atoms with Crippen molar-refractivity contribution in [1.29, 1.82) is 0 Å². The number of amides is 1. The smallest absolute Gasteiger partial charge is 0.224 e. The molecule has 0 saturated heterocycles. The Hall–Kier alpha value is -3.28. The molecule has 1 N–H and O–H groups in total. The zero-order valence-corrected chi connectivity index (χ0v) is 15.7. The topological polar surface area (TPSA) is 65.4 Å². The van der Waals surface area contributed by atoms with Crippen molar-refractivity contribution in [1.82, 2.24) is 9.78 Å². The van der Waals surface area contributed by atoms with E-state index in [0.29, 0.717) is 24.3 Å². The van der Waals surface area contributed by atoms with Gasteiger partial charge in [0.1, 0.15) is 0 Å². The summed E-state index contributed by atoms with van der Waals surface area (Å²) in [6.45, 7) is 1.92. The molecule has 27 heavy (non-hydrogen) atoms. The molecule has 0 aliphatic carbocycles. The fraction of sp³-hybridized carbons (Fsp3) is 0.238. The Morgan fingerprint density at radius 2 is 1.81 bits per heavy atom. The Kier molecular flexibility index (Phi) is 5.76. The van der Waals surface area contributed by atoms with Gasteiger partial charge in [0.15, 0.2) is 11.5 Å². The number of nitrogens with zero attached hydrogens (tertiary/aromatic N) is 2. The summed E-state index contributed by atoms with van der Waals surface area (Å²) >= 11 is 0. The van der Waals surface area contributed by atoms with Gasteiger partial charge in [-0.2, -0.15) is 5.10 Å². The van der Waals surface area contributed by atoms with Gasteiger partial charge in [0.2, 0.25) is 5.91 Å². The van der Waals surface area contributed by atoms with Crippen molar-refractivity contribution in [3.8, 4) is 17.2 Å². The van der Waals surface area contributed by atoms with E-state index in [4.69, 9.17) is 9.47 Å². The largest absolute Gasteiger partial charge is 0.493 e. The second-order valence-corrected chi connectivity index (χ2v) is 6.20. The van der Waals surface area contributed by atoms with Crippen LogP contribution in [0.15, 0.2) is 54.9 Å². The summed E-state index contributed by atoms with van der Waals surface area (Å²) in [6.07, 6.45) is 4.73. The highest BCUT2D eigenvalue weighted by molar-refractivity contribution is 5.92. The van der Waals surface area contributed by atoms with Gasteiger partial charge in [0.25, 0.3) is 0 Å². The normalized spacial score (nSPS) is 10.5. The first-order chi connectivity index (χ1) is 13.1. The summed E-state index contributed by atoms with van der Waals surface area (Å²) in [5.41, 5.74) is 3.64. The third-order valence-corrected chi connectivity index (χ3v) is 4.30. The highest BCUT2D eigenvalue weighted by Gasteiger charge is 2.11. The maximum Gasteiger partial charge on any atom is 0.224 e. The molecule has 0 spiro atoms. The van der Waals surface area contributed by atoms with Crippen LogP contribution in [0, 0.1) is 6.92 Å². The highest BCUT2D eigenvalue weighted by atomic mass is 16.5. The van der Waals surface area contributed by atoms with Crippen molar-refractivity contribution in [3.63, 3.8) is 0 Å². The SMILES string of the molecule is COc1cc(C)c(NC(=O)CCc2cnn(-c3ccccc3)c2)cc1OC. The van der Waals surface area contributed by atoms with Crippen LogP contribution in [0.1, 0.15) is 17.5 Å². The van der Waals surface area contributed by atoms with Gasteiger partial charge in [-0.25, -0.2) is 4.68 Å². The Morgan fingerprint density at radius 3 is 2.52 bits per heavy atom. The van der Waals surface area contributed by atoms with E-state index >= 15 is 0 Å². The van der Waals surface area contributed by atoms with Gasteiger partial charge in [-0.15, -0.1) is 0 Å². The molecule has 2 aromatic carbocycles. The van der Waals surface area contributed by atoms with E-state index in [0.717, 1.165) is 22.5 Å². The maximum atomic E-state index is 12.4. The molecule has 1 heterocycles. The minimum absolute atomic E-state index is 0.0576. The number of anilines is 1. The molecule has 6 heteroatoms. The Balaban J connectivity index is 1.61. The molecule has 0 fully saturated rings. The van der Waals surface area contributed by atoms with E-state index in [9.17, 15) is 4.79 Å². The minimum atomic E-state index is -0.0576. The van der Waals surface area contributed by atoms with E-state index in [-0.39, 0.29) is 5.91 Å². The minimum Gasteiger partial charge on any atom is -0.493 e. The quantitative estimate of drug-likeness (QED) is 0.692. The zero-order valence-electron chi connectivity index (χ0n) is 15.7. The Morgan fingerprint density at radius 1 is 1.11 bits per heavy atom. The summed E-state index contributed by atoms with van der Waals surface area (Å²) in [4.78, 5) is 12.4. The second kappa shape index (κ2) is 8.40. The van der Waals surface area contributed by atoms with E-state index in [1.807, 2.05) is 54.2 Å². The number of rotatable bonds is 7. The number of aromatic nitrogens is 2. The predicted octanol–water partition coefficient (Wildman–Crippen LogP) is 3.77. The van der Waals surface area contributed by atoms with Gasteiger partial charge in [-0.3, -0.25) is 4.79 Å². The lowest BCUT2D eigenvalue weighted by atomic mass is 10.1. The number of aryl methyl sites for hydroxylation is 2. The molecule has 0 atom stereocenters. The number of hydrogen-bond acceptors (Lipinski definition) is 4. The zero-order chi connectivity index (χ0) is 19.2. The van der Waals surface area contributed by atoms with E-state index < -0.39 is 0 Å². The fourth-order valence-electron chi connectivity index (χ4n) is 2.80. The molecule has 140 valence electrons. The third-order valence-electron chi connectivity index (χ3n) is 4.30. The standard InChI is InChI=1S/C21H23N3O3/c1-15-11-19(26-2)20(27-3)12-18(15)23-21(25)10-9-16-13-22-24(14-16)17-7-5-4-6-8-17/h4-8,11-14H,9-10H2,1-3H3,(H,23,25). The molecule has 0 bridgehead atoms. The lowest BCUT2D eigenvalue weighted by Crippen LogP contribution is -2.13. The highest BCUT2D eigenvalue weighted by Crippen LogP contribution is 2.32. The van der Waals surface area contributed by atoms with Gasteiger partial charge in [0, 0.05) is 24.4 Å². The van der Waals surface area contributed by atoms with Crippen LogP contribution in [0.5, 0.6) is 11.5 Å². The molecular formula is C21H23N3O3. The summed E-state index contributed by atoms with van der Waals surface area (Å²) in [7, 11) is 3.16.